The number of hydrogen-bond acceptors (Lipinski definition) is 4. The second-order valence-corrected chi connectivity index (χ2v) is 9.19. The monoisotopic (exact) mass is 526 g/mol. The molecule has 0 unspecified atom stereocenters. The number of nitrogens with one attached hydrogen (secondary N) is 2. The number of hydrogen-bond donors (Lipinski definition) is 3. The van der Waals surface area contributed by atoms with Crippen LogP contribution in [0.1, 0.15) is 51.7 Å². The van der Waals surface area contributed by atoms with E-state index >= 15 is 0 Å². The normalized spacial score (nSPS) is 18.0. The van der Waals surface area contributed by atoms with Crippen LogP contribution in [0.15, 0.2) is 85.1 Å². The highest BCUT2D eigenvalue weighted by molar-refractivity contribution is 6.30. The lowest BCUT2D eigenvalue weighted by Crippen LogP contribution is -2.36. The Kier molecular flexibility index (Phi) is 6.66. The topological polar surface area (TPSA) is 79.2 Å². The molecule has 0 saturated carbocycles. The number of carbonyl (C=O) groups excluding carboxylic acids is 1. The summed E-state index contributed by atoms with van der Waals surface area (Å²) in [7, 11) is 0. The number of alkyl halides is 3. The minimum Gasteiger partial charge on any atom is -0.384 e. The molecule has 3 atom stereocenters. The minimum absolute atomic E-state index is 0.0287. The molecule has 10 heteroatoms. The molecule has 0 bridgehead atoms. The van der Waals surface area contributed by atoms with Crippen LogP contribution in [0.5, 0.6) is 0 Å². The summed E-state index contributed by atoms with van der Waals surface area (Å²) in [5.41, 5.74) is 1.82. The standard InChI is InChI=1S/C27H22ClF3N4O2/c28-18-11-12-21(19(13-18)24(36)17-9-5-2-6-10-17)34-26(37)20-15-32-35-23(27(29,30)31)14-22(33-25(20)35)16-7-3-1-4-8-16/h1-13,15,22-24,33,36H,14H2,(H,34,37)/t22-,23+,24+/m0/s1. The highest BCUT2D eigenvalue weighted by Gasteiger charge is 2.47. The fourth-order valence-electron chi connectivity index (χ4n) is 4.51. The third kappa shape index (κ3) is 5.05. The third-order valence-electron chi connectivity index (χ3n) is 6.36. The smallest absolute Gasteiger partial charge is 0.384 e. The van der Waals surface area contributed by atoms with Crippen LogP contribution in [0.2, 0.25) is 5.02 Å². The Hall–Kier alpha value is -3.82. The Labute approximate surface area is 215 Å². The molecule has 0 spiro atoms. The number of rotatable bonds is 5. The molecule has 0 aliphatic carbocycles. The first-order valence-corrected chi connectivity index (χ1v) is 11.9. The molecule has 4 aromatic rings. The molecule has 3 aromatic carbocycles. The van der Waals surface area contributed by atoms with Gasteiger partial charge in [-0.1, -0.05) is 72.3 Å². The Morgan fingerprint density at radius 1 is 1.08 bits per heavy atom. The fourth-order valence-corrected chi connectivity index (χ4v) is 4.69. The van der Waals surface area contributed by atoms with Crippen molar-refractivity contribution in [3.8, 4) is 0 Å². The van der Waals surface area contributed by atoms with E-state index in [0.29, 0.717) is 21.7 Å². The zero-order valence-electron chi connectivity index (χ0n) is 19.3. The van der Waals surface area contributed by atoms with E-state index in [9.17, 15) is 23.1 Å². The molecular formula is C27H22ClF3N4O2. The largest absolute Gasteiger partial charge is 0.410 e. The van der Waals surface area contributed by atoms with Gasteiger partial charge in [-0.3, -0.25) is 4.79 Å². The summed E-state index contributed by atoms with van der Waals surface area (Å²) in [6, 6.07) is 19.6. The van der Waals surface area contributed by atoms with Crippen molar-refractivity contribution >= 4 is 29.0 Å². The fraction of sp³-hybridized carbons (Fsp3) is 0.185. The van der Waals surface area contributed by atoms with Crippen LogP contribution in [0, 0.1) is 0 Å². The second kappa shape index (κ2) is 9.91. The summed E-state index contributed by atoms with van der Waals surface area (Å²) in [6.45, 7) is 0. The summed E-state index contributed by atoms with van der Waals surface area (Å²) in [4.78, 5) is 13.3. The zero-order valence-corrected chi connectivity index (χ0v) is 20.0. The van der Waals surface area contributed by atoms with Gasteiger partial charge in [0.1, 0.15) is 17.5 Å². The van der Waals surface area contributed by atoms with Gasteiger partial charge in [0.05, 0.1) is 12.2 Å². The molecule has 37 heavy (non-hydrogen) atoms. The molecular weight excluding hydrogens is 505 g/mol. The Bertz CT molecular complexity index is 1410. The lowest BCUT2D eigenvalue weighted by Gasteiger charge is -2.34. The van der Waals surface area contributed by atoms with Crippen molar-refractivity contribution in [2.75, 3.05) is 10.6 Å². The molecule has 1 aliphatic rings. The molecule has 2 heterocycles. The molecule has 1 amide bonds. The van der Waals surface area contributed by atoms with Gasteiger partial charge >= 0.3 is 6.18 Å². The molecule has 0 saturated heterocycles. The molecule has 0 fully saturated rings. The summed E-state index contributed by atoms with van der Waals surface area (Å²) in [6.07, 6.45) is -4.81. The SMILES string of the molecule is O=C(Nc1ccc(Cl)cc1[C@H](O)c1ccccc1)c1cnn2c1N[C@H](c1ccccc1)C[C@@H]2C(F)(F)F. The number of fused-ring (bicyclic) bond motifs is 1. The summed E-state index contributed by atoms with van der Waals surface area (Å²) >= 11 is 6.16. The van der Waals surface area contributed by atoms with Gasteiger partial charge in [0.25, 0.3) is 5.91 Å². The van der Waals surface area contributed by atoms with Gasteiger partial charge in [0, 0.05) is 22.7 Å². The number of benzene rings is 3. The number of anilines is 2. The van der Waals surface area contributed by atoms with Crippen molar-refractivity contribution in [3.63, 3.8) is 0 Å². The van der Waals surface area contributed by atoms with Crippen molar-refractivity contribution in [1.82, 2.24) is 9.78 Å². The molecule has 3 N–H and O–H groups in total. The summed E-state index contributed by atoms with van der Waals surface area (Å²) < 4.78 is 42.7. The van der Waals surface area contributed by atoms with Gasteiger partial charge in [-0.25, -0.2) is 4.68 Å². The van der Waals surface area contributed by atoms with Gasteiger partial charge in [-0.15, -0.1) is 0 Å². The molecule has 0 radical (unpaired) electrons. The van der Waals surface area contributed by atoms with E-state index in [1.807, 2.05) is 6.07 Å². The van der Waals surface area contributed by atoms with Gasteiger partial charge in [-0.05, 0) is 29.3 Å². The second-order valence-electron chi connectivity index (χ2n) is 8.75. The molecule has 1 aromatic heterocycles. The number of aliphatic hydroxyl groups excluding tert-OH is 1. The quantitative estimate of drug-likeness (QED) is 0.276. The number of nitrogens with zero attached hydrogens (tertiary/aromatic N) is 2. The van der Waals surface area contributed by atoms with Crippen LogP contribution < -0.4 is 10.6 Å². The van der Waals surface area contributed by atoms with Gasteiger partial charge in [0.15, 0.2) is 6.04 Å². The predicted octanol–water partition coefficient (Wildman–Crippen LogP) is 6.53. The van der Waals surface area contributed by atoms with E-state index in [4.69, 9.17) is 11.6 Å². The highest BCUT2D eigenvalue weighted by atomic mass is 35.5. The van der Waals surface area contributed by atoms with E-state index in [-0.39, 0.29) is 23.5 Å². The number of carbonyl (C=O) groups is 1. The van der Waals surface area contributed by atoms with Crippen LogP contribution in [-0.2, 0) is 0 Å². The van der Waals surface area contributed by atoms with Crippen LogP contribution in [0.4, 0.5) is 24.7 Å². The number of halogens is 4. The van der Waals surface area contributed by atoms with E-state index in [0.717, 1.165) is 10.9 Å². The van der Waals surface area contributed by atoms with Crippen molar-refractivity contribution < 1.29 is 23.1 Å². The number of aliphatic hydroxyl groups is 1. The van der Waals surface area contributed by atoms with Crippen LogP contribution >= 0.6 is 11.6 Å². The summed E-state index contributed by atoms with van der Waals surface area (Å²) in [5, 5.41) is 21.0. The van der Waals surface area contributed by atoms with Crippen molar-refractivity contribution in [2.24, 2.45) is 0 Å². The minimum atomic E-state index is -4.56. The Balaban J connectivity index is 1.49. The first-order chi connectivity index (χ1) is 17.7. The van der Waals surface area contributed by atoms with E-state index in [1.165, 1.54) is 12.1 Å². The molecule has 1 aliphatic heterocycles. The average molecular weight is 527 g/mol. The first-order valence-electron chi connectivity index (χ1n) is 11.5. The van der Waals surface area contributed by atoms with Crippen molar-refractivity contribution in [3.05, 3.63) is 112 Å². The summed E-state index contributed by atoms with van der Waals surface area (Å²) in [5.74, 6) is -0.703. The Morgan fingerprint density at radius 3 is 2.43 bits per heavy atom. The van der Waals surface area contributed by atoms with Crippen molar-refractivity contribution in [1.29, 1.82) is 0 Å². The molecule has 190 valence electrons. The van der Waals surface area contributed by atoms with Crippen LogP contribution in [0.3, 0.4) is 0 Å². The van der Waals surface area contributed by atoms with Crippen LogP contribution in [0.25, 0.3) is 0 Å². The van der Waals surface area contributed by atoms with E-state index in [1.54, 1.807) is 60.7 Å². The van der Waals surface area contributed by atoms with Gasteiger partial charge < -0.3 is 15.7 Å². The number of amides is 1. The third-order valence-corrected chi connectivity index (χ3v) is 6.59. The maximum Gasteiger partial charge on any atom is 0.410 e. The average Bonchev–Trinajstić information content (AvgIpc) is 3.33. The van der Waals surface area contributed by atoms with Gasteiger partial charge in [-0.2, -0.15) is 18.3 Å². The Morgan fingerprint density at radius 2 is 1.76 bits per heavy atom. The maximum absolute atomic E-state index is 14.0. The maximum atomic E-state index is 14.0. The van der Waals surface area contributed by atoms with Crippen LogP contribution in [-0.4, -0.2) is 27.0 Å². The molecule has 5 rings (SSSR count). The predicted molar refractivity (Wildman–Crippen MR) is 135 cm³/mol. The highest BCUT2D eigenvalue weighted by Crippen LogP contribution is 2.44. The van der Waals surface area contributed by atoms with Crippen molar-refractivity contribution in [2.45, 2.75) is 30.8 Å². The van der Waals surface area contributed by atoms with E-state index in [2.05, 4.69) is 15.7 Å². The lowest BCUT2D eigenvalue weighted by molar-refractivity contribution is -0.173. The van der Waals surface area contributed by atoms with Gasteiger partial charge in [0.2, 0.25) is 0 Å². The number of aromatic nitrogens is 2. The first kappa shape index (κ1) is 24.9. The zero-order chi connectivity index (χ0) is 26.2. The van der Waals surface area contributed by atoms with E-state index < -0.39 is 30.3 Å². The lowest BCUT2D eigenvalue weighted by atomic mass is 9.96. The molecule has 6 nitrogen and oxygen atoms in total.